The molecule has 116 valence electrons. The van der Waals surface area contributed by atoms with Gasteiger partial charge < -0.3 is 14.8 Å². The Bertz CT molecular complexity index is 340. The van der Waals surface area contributed by atoms with Crippen molar-refractivity contribution < 1.29 is 23.9 Å². The van der Waals surface area contributed by atoms with Crippen molar-refractivity contribution in [2.24, 2.45) is 11.8 Å². The lowest BCUT2D eigenvalue weighted by molar-refractivity contribution is -0.154. The third-order valence-corrected chi connectivity index (χ3v) is 2.82. The molecule has 0 aromatic rings. The molecule has 0 aromatic heterocycles. The third kappa shape index (κ3) is 7.11. The molecule has 1 N–H and O–H groups in total. The highest BCUT2D eigenvalue weighted by atomic mass is 16.5. The summed E-state index contributed by atoms with van der Waals surface area (Å²) in [5.74, 6) is -1.34. The maximum atomic E-state index is 11.7. The van der Waals surface area contributed by atoms with E-state index in [1.807, 2.05) is 20.8 Å². The van der Waals surface area contributed by atoms with Gasteiger partial charge in [0.25, 0.3) is 0 Å². The van der Waals surface area contributed by atoms with Crippen LogP contribution in [0, 0.1) is 11.8 Å². The van der Waals surface area contributed by atoms with Gasteiger partial charge >= 0.3 is 11.9 Å². The van der Waals surface area contributed by atoms with Gasteiger partial charge in [0.15, 0.2) is 6.04 Å². The van der Waals surface area contributed by atoms with Crippen molar-refractivity contribution in [1.29, 1.82) is 0 Å². The van der Waals surface area contributed by atoms with Crippen LogP contribution in [0.15, 0.2) is 0 Å². The van der Waals surface area contributed by atoms with Crippen molar-refractivity contribution in [2.75, 3.05) is 13.7 Å². The maximum absolute atomic E-state index is 11.7. The lowest BCUT2D eigenvalue weighted by atomic mass is 10.1. The molecule has 0 aliphatic rings. The molecular formula is C14H25NO5. The Hall–Kier alpha value is -1.59. The quantitative estimate of drug-likeness (QED) is 0.680. The molecule has 0 bridgehead atoms. The monoisotopic (exact) mass is 287 g/mol. The van der Waals surface area contributed by atoms with Crippen molar-refractivity contribution >= 4 is 17.8 Å². The Morgan fingerprint density at radius 1 is 1.10 bits per heavy atom. The van der Waals surface area contributed by atoms with Crippen molar-refractivity contribution in [2.45, 2.75) is 46.6 Å². The van der Waals surface area contributed by atoms with E-state index in [0.29, 0.717) is 12.8 Å². The number of ether oxygens (including phenoxy) is 2. The van der Waals surface area contributed by atoms with Crippen LogP contribution in [0.5, 0.6) is 0 Å². The Morgan fingerprint density at radius 3 is 2.15 bits per heavy atom. The molecule has 6 nitrogen and oxygen atoms in total. The number of esters is 2. The summed E-state index contributed by atoms with van der Waals surface area (Å²) in [6.45, 7) is 7.20. The number of nitrogens with one attached hydrogen (secondary N) is 1. The zero-order chi connectivity index (χ0) is 15.7. The van der Waals surface area contributed by atoms with Gasteiger partial charge in [0.1, 0.15) is 6.61 Å². The van der Waals surface area contributed by atoms with Gasteiger partial charge in [0.05, 0.1) is 13.0 Å². The normalized spacial score (nSPS) is 13.5. The minimum atomic E-state index is -0.959. The second-order valence-corrected chi connectivity index (χ2v) is 5.18. The molecule has 0 aliphatic heterocycles. The number of hydrogen-bond acceptors (Lipinski definition) is 5. The molecule has 0 unspecified atom stereocenters. The maximum Gasteiger partial charge on any atom is 0.331 e. The lowest BCUT2D eigenvalue weighted by Gasteiger charge is -2.18. The lowest BCUT2D eigenvalue weighted by Crippen LogP contribution is -2.45. The smallest absolute Gasteiger partial charge is 0.331 e. The number of amides is 1. The van der Waals surface area contributed by atoms with E-state index in [9.17, 15) is 14.4 Å². The number of rotatable bonds is 8. The average molecular weight is 287 g/mol. The van der Waals surface area contributed by atoms with Crippen LogP contribution in [-0.2, 0) is 23.9 Å². The predicted octanol–water partition coefficient (Wildman–Crippen LogP) is 1.28. The fraction of sp³-hybridized carbons (Fsp3) is 0.786. The first-order chi connectivity index (χ1) is 9.31. The van der Waals surface area contributed by atoms with E-state index < -0.39 is 12.0 Å². The van der Waals surface area contributed by atoms with E-state index in [2.05, 4.69) is 10.1 Å². The summed E-state index contributed by atoms with van der Waals surface area (Å²) in [5, 5.41) is 2.52. The van der Waals surface area contributed by atoms with Crippen LogP contribution >= 0.6 is 0 Å². The van der Waals surface area contributed by atoms with E-state index in [1.54, 1.807) is 6.92 Å². The summed E-state index contributed by atoms with van der Waals surface area (Å²) < 4.78 is 9.62. The third-order valence-electron chi connectivity index (χ3n) is 2.82. The molecule has 20 heavy (non-hydrogen) atoms. The highest BCUT2D eigenvalue weighted by molar-refractivity contribution is 5.85. The molecule has 0 radical (unpaired) electrons. The molecular weight excluding hydrogens is 262 g/mol. The van der Waals surface area contributed by atoms with Crippen molar-refractivity contribution in [3.05, 3.63) is 0 Å². The molecule has 0 aromatic carbocycles. The molecule has 0 fully saturated rings. The molecule has 0 aliphatic carbocycles. The second-order valence-electron chi connectivity index (χ2n) is 5.18. The van der Waals surface area contributed by atoms with Gasteiger partial charge in [-0.1, -0.05) is 27.7 Å². The Labute approximate surface area is 120 Å². The Kier molecular flexibility index (Phi) is 8.59. The molecule has 6 heteroatoms. The second kappa shape index (κ2) is 9.34. The zero-order valence-corrected chi connectivity index (χ0v) is 12.9. The van der Waals surface area contributed by atoms with Crippen LogP contribution in [0.4, 0.5) is 0 Å². The highest BCUT2D eigenvalue weighted by Crippen LogP contribution is 2.05. The van der Waals surface area contributed by atoms with Crippen LogP contribution in [0.25, 0.3) is 0 Å². The van der Waals surface area contributed by atoms with Crippen LogP contribution in [-0.4, -0.2) is 37.6 Å². The fourth-order valence-electron chi connectivity index (χ4n) is 1.41. The van der Waals surface area contributed by atoms with Crippen LogP contribution in [0.2, 0.25) is 0 Å². The Balaban J connectivity index is 4.47. The Morgan fingerprint density at radius 2 is 1.70 bits per heavy atom. The first-order valence-electron chi connectivity index (χ1n) is 6.85. The van der Waals surface area contributed by atoms with Crippen molar-refractivity contribution in [3.63, 3.8) is 0 Å². The van der Waals surface area contributed by atoms with Gasteiger partial charge in [-0.15, -0.1) is 0 Å². The average Bonchev–Trinajstić information content (AvgIpc) is 2.40. The van der Waals surface area contributed by atoms with Crippen molar-refractivity contribution in [1.82, 2.24) is 5.32 Å². The first-order valence-corrected chi connectivity index (χ1v) is 6.85. The van der Waals surface area contributed by atoms with E-state index in [-0.39, 0.29) is 30.3 Å². The summed E-state index contributed by atoms with van der Waals surface area (Å²) in [6.07, 6.45) is 0.953. The summed E-state index contributed by atoms with van der Waals surface area (Å²) >= 11 is 0. The fourth-order valence-corrected chi connectivity index (χ4v) is 1.41. The molecule has 0 saturated carbocycles. The standard InChI is InChI=1S/C14H25NO5/c1-6-10(4)13(17)20-8-11(14(18)19-5)15-12(16)7-9(2)3/h9-11H,6-8H2,1-5H3,(H,15,16)/t10-,11+/m1/s1. The van der Waals surface area contributed by atoms with E-state index in [0.717, 1.165) is 0 Å². The molecule has 0 rings (SSSR count). The molecule has 0 saturated heterocycles. The largest absolute Gasteiger partial charge is 0.467 e. The van der Waals surface area contributed by atoms with Gasteiger partial charge in [-0.3, -0.25) is 9.59 Å². The van der Waals surface area contributed by atoms with Crippen LogP contribution in [0.1, 0.15) is 40.5 Å². The summed E-state index contributed by atoms with van der Waals surface area (Å²) in [7, 11) is 1.22. The molecule has 1 amide bonds. The number of methoxy groups -OCH3 is 1. The molecule has 2 atom stereocenters. The SMILES string of the molecule is CC[C@@H](C)C(=O)OC[C@H](NC(=O)CC(C)C)C(=O)OC. The van der Waals surface area contributed by atoms with E-state index in [4.69, 9.17) is 4.74 Å². The van der Waals surface area contributed by atoms with Gasteiger partial charge in [-0.2, -0.15) is 0 Å². The molecule has 0 heterocycles. The number of hydrogen-bond donors (Lipinski definition) is 1. The first kappa shape index (κ1) is 18.4. The highest BCUT2D eigenvalue weighted by Gasteiger charge is 2.24. The summed E-state index contributed by atoms with van der Waals surface area (Å²) in [5.41, 5.74) is 0. The summed E-state index contributed by atoms with van der Waals surface area (Å²) in [4.78, 5) is 34.8. The predicted molar refractivity (Wildman–Crippen MR) is 73.8 cm³/mol. The topological polar surface area (TPSA) is 81.7 Å². The van der Waals surface area contributed by atoms with Crippen LogP contribution in [0.3, 0.4) is 0 Å². The zero-order valence-electron chi connectivity index (χ0n) is 12.9. The number of carbonyl (C=O) groups is 3. The van der Waals surface area contributed by atoms with Gasteiger partial charge in [-0.05, 0) is 12.3 Å². The van der Waals surface area contributed by atoms with Gasteiger partial charge in [0, 0.05) is 6.42 Å². The molecule has 0 spiro atoms. The van der Waals surface area contributed by atoms with Gasteiger partial charge in [0.2, 0.25) is 5.91 Å². The van der Waals surface area contributed by atoms with E-state index >= 15 is 0 Å². The van der Waals surface area contributed by atoms with Gasteiger partial charge in [-0.25, -0.2) is 4.79 Å². The number of carbonyl (C=O) groups excluding carboxylic acids is 3. The minimum Gasteiger partial charge on any atom is -0.467 e. The van der Waals surface area contributed by atoms with Crippen LogP contribution < -0.4 is 5.32 Å². The van der Waals surface area contributed by atoms with E-state index in [1.165, 1.54) is 7.11 Å². The minimum absolute atomic E-state index is 0.177. The van der Waals surface area contributed by atoms with Crippen molar-refractivity contribution in [3.8, 4) is 0 Å². The summed E-state index contributed by atoms with van der Waals surface area (Å²) in [6, 6.07) is -0.959.